The van der Waals surface area contributed by atoms with Crippen LogP contribution in [0.25, 0.3) is 0 Å². The van der Waals surface area contributed by atoms with Crippen molar-refractivity contribution in [2.45, 2.75) is 12.6 Å². The number of carbonyl (C=O) groups is 2. The number of anilines is 1. The number of aliphatic imine (C=N–C) groups is 1. The molecule has 37 heavy (non-hydrogen) atoms. The van der Waals surface area contributed by atoms with Crippen molar-refractivity contribution in [1.82, 2.24) is 15.2 Å². The van der Waals surface area contributed by atoms with Crippen molar-refractivity contribution in [3.63, 3.8) is 0 Å². The Morgan fingerprint density at radius 3 is 2.51 bits per heavy atom. The molecule has 2 aliphatic rings. The summed E-state index contributed by atoms with van der Waals surface area (Å²) in [5, 5.41) is 6.58. The van der Waals surface area contributed by atoms with Gasteiger partial charge in [-0.3, -0.25) is 14.5 Å². The van der Waals surface area contributed by atoms with Crippen LogP contribution in [0.2, 0.25) is 5.02 Å². The zero-order valence-electron chi connectivity index (χ0n) is 19.6. The molecule has 1 unspecified atom stereocenters. The Kier molecular flexibility index (Phi) is 7.29. The highest BCUT2D eigenvalue weighted by atomic mass is 35.5. The maximum atomic E-state index is 13.4. The summed E-state index contributed by atoms with van der Waals surface area (Å²) < 4.78 is 23.8. The molecule has 0 spiro atoms. The number of halogens is 2. The fourth-order valence-electron chi connectivity index (χ4n) is 3.73. The highest BCUT2D eigenvalue weighted by Gasteiger charge is 2.36. The standard InChI is InChI=1S/C26H23ClFN5O4/c27-18-3-1-16(2-4-18)13-33-25(35)22(32-24(34)17-14-36-15-17)12-30-26(33)31-20-6-8-21(9-7-20)37-23-10-5-19(28)11-29-23/h1-11,17,22H,12-15H2,(H,30,31)(H,32,34). The third-order valence-corrected chi connectivity index (χ3v) is 6.11. The number of pyridine rings is 1. The highest BCUT2D eigenvalue weighted by Crippen LogP contribution is 2.23. The molecule has 0 bridgehead atoms. The minimum absolute atomic E-state index is 0.106. The summed E-state index contributed by atoms with van der Waals surface area (Å²) >= 11 is 6.01. The second kappa shape index (κ2) is 10.9. The van der Waals surface area contributed by atoms with Crippen LogP contribution in [0.4, 0.5) is 10.1 Å². The molecule has 0 radical (unpaired) electrons. The third kappa shape index (κ3) is 6.04. The Labute approximate surface area is 217 Å². The predicted octanol–water partition coefficient (Wildman–Crippen LogP) is 3.61. The number of amides is 2. The minimum atomic E-state index is -0.773. The predicted molar refractivity (Wildman–Crippen MR) is 135 cm³/mol. The molecular weight excluding hydrogens is 501 g/mol. The number of hydrogen-bond acceptors (Lipinski definition) is 7. The molecule has 5 rings (SSSR count). The lowest BCUT2D eigenvalue weighted by Crippen LogP contribution is -2.58. The van der Waals surface area contributed by atoms with Gasteiger partial charge in [0.15, 0.2) is 0 Å². The molecule has 3 heterocycles. The van der Waals surface area contributed by atoms with Crippen molar-refractivity contribution in [1.29, 1.82) is 0 Å². The monoisotopic (exact) mass is 523 g/mol. The zero-order valence-corrected chi connectivity index (χ0v) is 20.3. The fourth-order valence-corrected chi connectivity index (χ4v) is 3.85. The average Bonchev–Trinajstić information content (AvgIpc) is 2.86. The van der Waals surface area contributed by atoms with Crippen LogP contribution in [0.15, 0.2) is 71.9 Å². The van der Waals surface area contributed by atoms with Crippen LogP contribution in [0.5, 0.6) is 11.6 Å². The van der Waals surface area contributed by atoms with Crippen LogP contribution in [-0.2, 0) is 20.9 Å². The molecule has 1 fully saturated rings. The number of nitrogens with zero attached hydrogens (tertiary/aromatic N) is 3. The highest BCUT2D eigenvalue weighted by molar-refractivity contribution is 6.30. The molecule has 11 heteroatoms. The van der Waals surface area contributed by atoms with E-state index in [1.54, 1.807) is 36.4 Å². The summed E-state index contributed by atoms with van der Waals surface area (Å²) in [5.41, 5.74) is 1.52. The number of guanidine groups is 1. The van der Waals surface area contributed by atoms with E-state index in [2.05, 4.69) is 20.6 Å². The molecule has 190 valence electrons. The van der Waals surface area contributed by atoms with Crippen LogP contribution in [0.3, 0.4) is 0 Å². The maximum absolute atomic E-state index is 13.4. The molecule has 0 saturated carbocycles. The summed E-state index contributed by atoms with van der Waals surface area (Å²) in [7, 11) is 0. The number of nitrogens with one attached hydrogen (secondary N) is 2. The van der Waals surface area contributed by atoms with Crippen molar-refractivity contribution in [2.24, 2.45) is 10.9 Å². The molecule has 9 nitrogen and oxygen atoms in total. The summed E-state index contributed by atoms with van der Waals surface area (Å²) in [5.74, 6) is -0.0562. The quantitative estimate of drug-likeness (QED) is 0.490. The number of hydrogen-bond donors (Lipinski definition) is 2. The first kappa shape index (κ1) is 24.7. The SMILES string of the molecule is O=C(NC1CN=C(Nc2ccc(Oc3ccc(F)cn3)cc2)N(Cc2ccc(Cl)cc2)C1=O)C1COC1. The molecule has 0 aliphatic carbocycles. The van der Waals surface area contributed by atoms with E-state index in [1.807, 2.05) is 12.1 Å². The van der Waals surface area contributed by atoms with Gasteiger partial charge in [0, 0.05) is 16.8 Å². The number of carbonyl (C=O) groups excluding carboxylic acids is 2. The van der Waals surface area contributed by atoms with Crippen LogP contribution in [0.1, 0.15) is 5.56 Å². The Hall–Kier alpha value is -4.02. The first-order chi connectivity index (χ1) is 17.9. The zero-order chi connectivity index (χ0) is 25.8. The van der Waals surface area contributed by atoms with E-state index in [4.69, 9.17) is 21.1 Å². The van der Waals surface area contributed by atoms with E-state index in [0.29, 0.717) is 35.6 Å². The second-order valence-electron chi connectivity index (χ2n) is 8.58. The Morgan fingerprint density at radius 2 is 1.86 bits per heavy atom. The van der Waals surface area contributed by atoms with Crippen molar-refractivity contribution in [3.8, 4) is 11.6 Å². The Bertz CT molecular complexity index is 1300. The van der Waals surface area contributed by atoms with Crippen LogP contribution in [0, 0.1) is 11.7 Å². The average molecular weight is 524 g/mol. The van der Waals surface area contributed by atoms with Gasteiger partial charge in [-0.2, -0.15) is 0 Å². The topological polar surface area (TPSA) is 105 Å². The van der Waals surface area contributed by atoms with Crippen molar-refractivity contribution >= 4 is 35.1 Å². The molecule has 1 atom stereocenters. The van der Waals surface area contributed by atoms with E-state index in [9.17, 15) is 14.0 Å². The van der Waals surface area contributed by atoms with Gasteiger partial charge in [-0.05, 0) is 48.0 Å². The first-order valence-electron chi connectivity index (χ1n) is 11.6. The van der Waals surface area contributed by atoms with Gasteiger partial charge in [-0.25, -0.2) is 14.4 Å². The van der Waals surface area contributed by atoms with E-state index in [0.717, 1.165) is 11.8 Å². The van der Waals surface area contributed by atoms with Gasteiger partial charge in [0.25, 0.3) is 5.91 Å². The molecule has 2 N–H and O–H groups in total. The van der Waals surface area contributed by atoms with Gasteiger partial charge in [0.1, 0.15) is 17.6 Å². The maximum Gasteiger partial charge on any atom is 0.254 e. The molecule has 2 amide bonds. The van der Waals surface area contributed by atoms with E-state index < -0.39 is 11.9 Å². The van der Waals surface area contributed by atoms with Crippen molar-refractivity contribution in [3.05, 3.63) is 83.3 Å². The Balaban J connectivity index is 1.31. The van der Waals surface area contributed by atoms with E-state index in [-0.39, 0.29) is 36.7 Å². The van der Waals surface area contributed by atoms with Gasteiger partial charge >= 0.3 is 0 Å². The Morgan fingerprint density at radius 1 is 1.11 bits per heavy atom. The van der Waals surface area contributed by atoms with Crippen molar-refractivity contribution < 1.29 is 23.5 Å². The lowest BCUT2D eigenvalue weighted by atomic mass is 10.1. The summed E-state index contributed by atoms with van der Waals surface area (Å²) in [6, 6.07) is 16.0. The van der Waals surface area contributed by atoms with Gasteiger partial charge < -0.3 is 20.1 Å². The van der Waals surface area contributed by atoms with E-state index in [1.165, 1.54) is 17.0 Å². The fraction of sp³-hybridized carbons (Fsp3) is 0.231. The number of aromatic nitrogens is 1. The summed E-state index contributed by atoms with van der Waals surface area (Å²) in [6.45, 7) is 1.05. The second-order valence-corrected chi connectivity index (χ2v) is 9.01. The van der Waals surface area contributed by atoms with Gasteiger partial charge in [0.2, 0.25) is 17.7 Å². The normalized spacial score (nSPS) is 17.6. The largest absolute Gasteiger partial charge is 0.439 e. The number of ether oxygens (including phenoxy) is 2. The minimum Gasteiger partial charge on any atom is -0.439 e. The summed E-state index contributed by atoms with van der Waals surface area (Å²) in [6.07, 6.45) is 1.08. The molecule has 1 aromatic heterocycles. The lowest BCUT2D eigenvalue weighted by Gasteiger charge is -2.34. The molecule has 1 saturated heterocycles. The molecule has 2 aliphatic heterocycles. The van der Waals surface area contributed by atoms with Gasteiger partial charge in [-0.15, -0.1) is 0 Å². The van der Waals surface area contributed by atoms with Crippen LogP contribution < -0.4 is 15.4 Å². The van der Waals surface area contributed by atoms with Gasteiger partial charge in [0.05, 0.1) is 38.4 Å². The smallest absolute Gasteiger partial charge is 0.254 e. The van der Waals surface area contributed by atoms with Gasteiger partial charge in [-0.1, -0.05) is 23.7 Å². The van der Waals surface area contributed by atoms with Crippen LogP contribution in [-0.4, -0.2) is 53.5 Å². The van der Waals surface area contributed by atoms with Crippen LogP contribution >= 0.6 is 11.6 Å². The van der Waals surface area contributed by atoms with E-state index >= 15 is 0 Å². The molecular formula is C26H23ClFN5O4. The third-order valence-electron chi connectivity index (χ3n) is 5.86. The van der Waals surface area contributed by atoms with Crippen molar-refractivity contribution in [2.75, 3.05) is 25.1 Å². The molecule has 2 aromatic carbocycles. The number of rotatable bonds is 7. The lowest BCUT2D eigenvalue weighted by molar-refractivity contribution is -0.143. The number of benzene rings is 2. The first-order valence-corrected chi connectivity index (χ1v) is 12.0. The summed E-state index contributed by atoms with van der Waals surface area (Å²) in [4.78, 5) is 35.8. The molecule has 3 aromatic rings.